The number of halogens is 1. The molecule has 0 atom stereocenters. The van der Waals surface area contributed by atoms with Gasteiger partial charge in [0.25, 0.3) is 0 Å². The Hall–Kier alpha value is -3.32. The van der Waals surface area contributed by atoms with Crippen LogP contribution in [0.1, 0.15) is 0 Å². The van der Waals surface area contributed by atoms with Gasteiger partial charge in [0.2, 0.25) is 5.28 Å². The monoisotopic (exact) mass is 381 g/mol. The second-order valence-electron chi connectivity index (χ2n) is 5.66. The molecule has 136 valence electrons. The average Bonchev–Trinajstić information content (AvgIpc) is 3.12. The van der Waals surface area contributed by atoms with Gasteiger partial charge in [-0.15, -0.1) is 0 Å². The predicted octanol–water partition coefficient (Wildman–Crippen LogP) is 4.23. The first-order valence-corrected chi connectivity index (χ1v) is 8.53. The Kier molecular flexibility index (Phi) is 4.52. The second-order valence-corrected chi connectivity index (χ2v) is 6.00. The quantitative estimate of drug-likeness (QED) is 0.521. The minimum absolute atomic E-state index is 0.115. The number of hydrogen-bond acceptors (Lipinski definition) is 6. The van der Waals surface area contributed by atoms with E-state index in [1.54, 1.807) is 25.1 Å². The molecule has 27 heavy (non-hydrogen) atoms. The number of hydrogen-bond donors (Lipinski definition) is 1. The number of anilines is 2. The van der Waals surface area contributed by atoms with E-state index in [2.05, 4.69) is 20.4 Å². The molecule has 2 aromatic carbocycles. The van der Waals surface area contributed by atoms with Gasteiger partial charge in [0.15, 0.2) is 5.65 Å². The van der Waals surface area contributed by atoms with Crippen molar-refractivity contribution in [2.45, 2.75) is 0 Å². The van der Waals surface area contributed by atoms with Gasteiger partial charge in [-0.1, -0.05) is 18.2 Å². The van der Waals surface area contributed by atoms with Crippen LogP contribution in [0.2, 0.25) is 5.28 Å². The number of para-hydroxylation sites is 1. The smallest absolute Gasteiger partial charge is 0.226 e. The SMILES string of the molecule is COc1ccc(OC)c(Nc2nc(Cl)nc3c2cnn3-c2ccccc2)c1. The van der Waals surface area contributed by atoms with E-state index in [4.69, 9.17) is 21.1 Å². The fourth-order valence-corrected chi connectivity index (χ4v) is 2.94. The Morgan fingerprint density at radius 3 is 2.56 bits per heavy atom. The standard InChI is InChI=1S/C19H16ClN5O2/c1-26-13-8-9-16(27-2)15(10-13)22-17-14-11-21-25(12-6-4-3-5-7-12)18(14)24-19(20)23-17/h3-11H,1-2H3,(H,22,23,24). The number of ether oxygens (including phenoxy) is 2. The van der Waals surface area contributed by atoms with Crippen LogP contribution < -0.4 is 14.8 Å². The molecular formula is C19H16ClN5O2. The molecule has 2 heterocycles. The molecule has 4 rings (SSSR count). The van der Waals surface area contributed by atoms with E-state index in [1.165, 1.54) is 0 Å². The van der Waals surface area contributed by atoms with Crippen molar-refractivity contribution in [3.05, 3.63) is 60.0 Å². The highest BCUT2D eigenvalue weighted by Gasteiger charge is 2.15. The van der Waals surface area contributed by atoms with Crippen LogP contribution in [-0.2, 0) is 0 Å². The predicted molar refractivity (Wildman–Crippen MR) is 104 cm³/mol. The number of nitrogens with one attached hydrogen (secondary N) is 1. The summed E-state index contributed by atoms with van der Waals surface area (Å²) < 4.78 is 12.4. The highest BCUT2D eigenvalue weighted by molar-refractivity contribution is 6.28. The van der Waals surface area contributed by atoms with Crippen molar-refractivity contribution in [2.75, 3.05) is 19.5 Å². The molecule has 0 radical (unpaired) electrons. The third kappa shape index (κ3) is 3.24. The van der Waals surface area contributed by atoms with Gasteiger partial charge in [-0.05, 0) is 35.9 Å². The summed E-state index contributed by atoms with van der Waals surface area (Å²) in [7, 11) is 3.21. The van der Waals surface area contributed by atoms with Gasteiger partial charge in [-0.25, -0.2) is 4.68 Å². The van der Waals surface area contributed by atoms with Gasteiger partial charge in [0, 0.05) is 6.07 Å². The van der Waals surface area contributed by atoms with Crippen molar-refractivity contribution in [1.82, 2.24) is 19.7 Å². The molecule has 7 nitrogen and oxygen atoms in total. The van der Waals surface area contributed by atoms with Crippen LogP contribution in [0.3, 0.4) is 0 Å². The zero-order valence-corrected chi connectivity index (χ0v) is 15.4. The second kappa shape index (κ2) is 7.13. The molecule has 0 amide bonds. The molecule has 4 aromatic rings. The maximum Gasteiger partial charge on any atom is 0.226 e. The van der Waals surface area contributed by atoms with E-state index in [0.29, 0.717) is 28.7 Å². The minimum atomic E-state index is 0.115. The first kappa shape index (κ1) is 17.1. The van der Waals surface area contributed by atoms with E-state index in [1.807, 2.05) is 48.5 Å². The van der Waals surface area contributed by atoms with Crippen molar-refractivity contribution >= 4 is 34.1 Å². The van der Waals surface area contributed by atoms with Crippen molar-refractivity contribution < 1.29 is 9.47 Å². The Bertz CT molecular complexity index is 1100. The van der Waals surface area contributed by atoms with Gasteiger partial charge in [0.1, 0.15) is 17.3 Å². The molecule has 0 fully saturated rings. The number of nitrogens with zero attached hydrogens (tertiary/aromatic N) is 4. The van der Waals surface area contributed by atoms with Crippen LogP contribution in [0.5, 0.6) is 11.5 Å². The van der Waals surface area contributed by atoms with Crippen LogP contribution >= 0.6 is 11.6 Å². The third-order valence-electron chi connectivity index (χ3n) is 4.06. The van der Waals surface area contributed by atoms with Gasteiger partial charge >= 0.3 is 0 Å². The topological polar surface area (TPSA) is 74.1 Å². The summed E-state index contributed by atoms with van der Waals surface area (Å²) in [4.78, 5) is 8.68. The lowest BCUT2D eigenvalue weighted by Crippen LogP contribution is -2.01. The summed E-state index contributed by atoms with van der Waals surface area (Å²) in [6.07, 6.45) is 1.70. The minimum Gasteiger partial charge on any atom is -0.497 e. The Morgan fingerprint density at radius 2 is 1.81 bits per heavy atom. The molecule has 0 saturated carbocycles. The first-order chi connectivity index (χ1) is 13.2. The van der Waals surface area contributed by atoms with Crippen molar-refractivity contribution in [2.24, 2.45) is 0 Å². The molecule has 0 unspecified atom stereocenters. The van der Waals surface area contributed by atoms with Crippen LogP contribution in [-0.4, -0.2) is 34.0 Å². The van der Waals surface area contributed by atoms with E-state index in [0.717, 1.165) is 11.1 Å². The Balaban J connectivity index is 1.83. The Morgan fingerprint density at radius 1 is 1.00 bits per heavy atom. The largest absolute Gasteiger partial charge is 0.497 e. The van der Waals surface area contributed by atoms with Gasteiger partial charge in [-0.3, -0.25) is 0 Å². The van der Waals surface area contributed by atoms with E-state index < -0.39 is 0 Å². The zero-order chi connectivity index (χ0) is 18.8. The number of methoxy groups -OCH3 is 2. The summed E-state index contributed by atoms with van der Waals surface area (Å²) in [5.41, 5.74) is 2.18. The fourth-order valence-electron chi connectivity index (χ4n) is 2.77. The van der Waals surface area contributed by atoms with Crippen LogP contribution in [0.4, 0.5) is 11.5 Å². The molecule has 1 N–H and O–H groups in total. The van der Waals surface area contributed by atoms with Crippen molar-refractivity contribution in [3.8, 4) is 17.2 Å². The van der Waals surface area contributed by atoms with Crippen molar-refractivity contribution in [3.63, 3.8) is 0 Å². The number of aromatic nitrogens is 4. The molecular weight excluding hydrogens is 366 g/mol. The molecule has 0 saturated heterocycles. The number of rotatable bonds is 5. The summed E-state index contributed by atoms with van der Waals surface area (Å²) in [6, 6.07) is 15.2. The highest BCUT2D eigenvalue weighted by Crippen LogP contribution is 2.33. The van der Waals surface area contributed by atoms with Crippen molar-refractivity contribution in [1.29, 1.82) is 0 Å². The maximum atomic E-state index is 6.18. The highest BCUT2D eigenvalue weighted by atomic mass is 35.5. The van der Waals surface area contributed by atoms with E-state index in [-0.39, 0.29) is 5.28 Å². The van der Waals surface area contributed by atoms with Gasteiger partial charge in [-0.2, -0.15) is 15.1 Å². The molecule has 0 aliphatic heterocycles. The maximum absolute atomic E-state index is 6.18. The van der Waals surface area contributed by atoms with Crippen LogP contribution in [0.15, 0.2) is 54.7 Å². The molecule has 0 aliphatic rings. The summed E-state index contributed by atoms with van der Waals surface area (Å²) >= 11 is 6.18. The molecule has 8 heteroatoms. The lowest BCUT2D eigenvalue weighted by molar-refractivity contribution is 0.405. The van der Waals surface area contributed by atoms with Crippen LogP contribution in [0.25, 0.3) is 16.7 Å². The molecule has 0 spiro atoms. The summed E-state index contributed by atoms with van der Waals surface area (Å²) in [5, 5.41) is 8.54. The number of fused-ring (bicyclic) bond motifs is 1. The Labute approximate surface area is 160 Å². The lowest BCUT2D eigenvalue weighted by Gasteiger charge is -2.13. The molecule has 0 bridgehead atoms. The van der Waals surface area contributed by atoms with E-state index >= 15 is 0 Å². The number of benzene rings is 2. The molecule has 0 aliphatic carbocycles. The van der Waals surface area contributed by atoms with Gasteiger partial charge < -0.3 is 14.8 Å². The third-order valence-corrected chi connectivity index (χ3v) is 4.23. The van der Waals surface area contributed by atoms with Crippen LogP contribution in [0, 0.1) is 0 Å². The molecule has 2 aromatic heterocycles. The average molecular weight is 382 g/mol. The van der Waals surface area contributed by atoms with E-state index in [9.17, 15) is 0 Å². The normalized spacial score (nSPS) is 10.8. The van der Waals surface area contributed by atoms with Gasteiger partial charge in [0.05, 0.1) is 37.2 Å². The fraction of sp³-hybridized carbons (Fsp3) is 0.105. The zero-order valence-electron chi connectivity index (χ0n) is 14.7. The lowest BCUT2D eigenvalue weighted by atomic mass is 10.2. The first-order valence-electron chi connectivity index (χ1n) is 8.15. The summed E-state index contributed by atoms with van der Waals surface area (Å²) in [6.45, 7) is 0. The summed E-state index contributed by atoms with van der Waals surface area (Å²) in [5.74, 6) is 1.86.